The zero-order chi connectivity index (χ0) is 18.4. The maximum Gasteiger partial charge on any atom is 0.322 e. The van der Waals surface area contributed by atoms with Crippen molar-refractivity contribution in [2.75, 3.05) is 11.5 Å². The lowest BCUT2D eigenvalue weighted by atomic mass is 10.1. The van der Waals surface area contributed by atoms with Crippen molar-refractivity contribution in [3.05, 3.63) is 54.1 Å². The zero-order valence-corrected chi connectivity index (χ0v) is 14.6. The fourth-order valence-corrected chi connectivity index (χ4v) is 2.56. The summed E-state index contributed by atoms with van der Waals surface area (Å²) in [4.78, 5) is 23.8. The molecule has 0 aliphatic carbocycles. The van der Waals surface area contributed by atoms with E-state index in [1.54, 1.807) is 38.1 Å². The molecule has 25 heavy (non-hydrogen) atoms. The number of nitrogens with zero attached hydrogens (tertiary/aromatic N) is 1. The zero-order valence-electron chi connectivity index (χ0n) is 14.6. The van der Waals surface area contributed by atoms with Gasteiger partial charge in [-0.15, -0.1) is 0 Å². The minimum absolute atomic E-state index is 0.00552. The van der Waals surface area contributed by atoms with Gasteiger partial charge in [-0.1, -0.05) is 18.2 Å². The Morgan fingerprint density at radius 3 is 2.28 bits per heavy atom. The first kappa shape index (κ1) is 18.3. The third kappa shape index (κ3) is 4.50. The summed E-state index contributed by atoms with van der Waals surface area (Å²) in [6.45, 7) is 5.43. The fourth-order valence-electron chi connectivity index (χ4n) is 2.56. The van der Waals surface area contributed by atoms with Crippen LogP contribution in [0.4, 0.5) is 10.5 Å². The van der Waals surface area contributed by atoms with E-state index >= 15 is 0 Å². The minimum Gasteiger partial charge on any atom is -0.486 e. The molecule has 2 rings (SSSR count). The smallest absolute Gasteiger partial charge is 0.322 e. The molecule has 2 N–H and O–H groups in total. The van der Waals surface area contributed by atoms with Crippen molar-refractivity contribution in [1.82, 2.24) is 0 Å². The molecule has 0 aliphatic rings. The molecule has 0 saturated carbocycles. The second-order valence-corrected chi connectivity index (χ2v) is 5.96. The van der Waals surface area contributed by atoms with Gasteiger partial charge in [0.25, 0.3) is 0 Å². The Hall–Kier alpha value is -3.02. The highest BCUT2D eigenvalue weighted by atomic mass is 16.5. The molecular weight excluding hydrogens is 320 g/mol. The number of hydrogen-bond acceptors (Lipinski definition) is 4. The van der Waals surface area contributed by atoms with Crippen LogP contribution in [-0.4, -0.2) is 24.6 Å². The van der Waals surface area contributed by atoms with Crippen molar-refractivity contribution >= 4 is 18.0 Å². The lowest BCUT2D eigenvalue weighted by Gasteiger charge is -2.38. The number of aldehydes is 1. The number of ether oxygens (including phenoxy) is 2. The number of amides is 2. The van der Waals surface area contributed by atoms with Crippen LogP contribution in [0.5, 0.6) is 11.5 Å². The fraction of sp³-hybridized carbons (Fsp3) is 0.263. The number of hydrogen-bond donors (Lipinski definition) is 1. The third-order valence-corrected chi connectivity index (χ3v) is 3.62. The molecule has 6 nitrogen and oxygen atoms in total. The van der Waals surface area contributed by atoms with E-state index in [-0.39, 0.29) is 6.61 Å². The van der Waals surface area contributed by atoms with Gasteiger partial charge in [0.15, 0.2) is 12.0 Å². The highest BCUT2D eigenvalue weighted by Gasteiger charge is 2.34. The van der Waals surface area contributed by atoms with Gasteiger partial charge in [0, 0.05) is 0 Å². The standard InChI is InChI=1S/C19H22N2O4/c1-14-6-4-5-7-17(14)21(18(20)23)19(2,3)25-16-10-8-15(9-11-16)24-13-12-22/h4-12H,13H2,1-3H3,(H2,20,23). The summed E-state index contributed by atoms with van der Waals surface area (Å²) in [5.74, 6) is 1.10. The van der Waals surface area contributed by atoms with E-state index < -0.39 is 11.8 Å². The number of carbonyl (C=O) groups excluding carboxylic acids is 2. The summed E-state index contributed by atoms with van der Waals surface area (Å²) in [5, 5.41) is 0. The molecule has 0 unspecified atom stereocenters. The number of nitrogens with two attached hydrogens (primary N) is 1. The predicted octanol–water partition coefficient (Wildman–Crippen LogP) is 3.27. The van der Waals surface area contributed by atoms with Gasteiger partial charge in [-0.3, -0.25) is 9.69 Å². The van der Waals surface area contributed by atoms with Crippen LogP contribution in [0.15, 0.2) is 48.5 Å². The van der Waals surface area contributed by atoms with E-state index in [9.17, 15) is 9.59 Å². The van der Waals surface area contributed by atoms with Crippen LogP contribution in [0.2, 0.25) is 0 Å². The van der Waals surface area contributed by atoms with Gasteiger partial charge in [0.1, 0.15) is 18.1 Å². The summed E-state index contributed by atoms with van der Waals surface area (Å²) < 4.78 is 11.2. The average molecular weight is 342 g/mol. The molecule has 0 fully saturated rings. The van der Waals surface area contributed by atoms with E-state index in [4.69, 9.17) is 15.2 Å². The Balaban J connectivity index is 2.24. The van der Waals surface area contributed by atoms with Crippen molar-refractivity contribution in [2.45, 2.75) is 26.5 Å². The van der Waals surface area contributed by atoms with Crippen LogP contribution < -0.4 is 20.1 Å². The van der Waals surface area contributed by atoms with Crippen molar-refractivity contribution in [2.24, 2.45) is 5.73 Å². The summed E-state index contributed by atoms with van der Waals surface area (Å²) >= 11 is 0. The van der Waals surface area contributed by atoms with Gasteiger partial charge in [-0.05, 0) is 56.7 Å². The molecule has 0 aromatic heterocycles. The van der Waals surface area contributed by atoms with Crippen molar-refractivity contribution in [3.8, 4) is 11.5 Å². The first-order chi connectivity index (χ1) is 11.8. The number of carbonyl (C=O) groups is 2. The Kier molecular flexibility index (Phi) is 5.64. The van der Waals surface area contributed by atoms with E-state index in [1.807, 2.05) is 31.2 Å². The number of urea groups is 1. The largest absolute Gasteiger partial charge is 0.486 e. The highest BCUT2D eigenvalue weighted by molar-refractivity contribution is 5.92. The molecule has 132 valence electrons. The first-order valence-corrected chi connectivity index (χ1v) is 7.86. The topological polar surface area (TPSA) is 81.9 Å². The lowest BCUT2D eigenvalue weighted by Crippen LogP contribution is -2.54. The van der Waals surface area contributed by atoms with E-state index in [1.165, 1.54) is 4.90 Å². The quantitative estimate of drug-likeness (QED) is 0.618. The van der Waals surface area contributed by atoms with Gasteiger partial charge < -0.3 is 15.2 Å². The monoisotopic (exact) mass is 342 g/mol. The Bertz CT molecular complexity index is 741. The molecule has 0 spiro atoms. The molecule has 2 amide bonds. The van der Waals surface area contributed by atoms with Crippen LogP contribution in [0.1, 0.15) is 19.4 Å². The Morgan fingerprint density at radius 1 is 1.12 bits per heavy atom. The Morgan fingerprint density at radius 2 is 1.72 bits per heavy atom. The molecular formula is C19H22N2O4. The molecule has 0 atom stereocenters. The van der Waals surface area contributed by atoms with Crippen LogP contribution in [0, 0.1) is 6.92 Å². The van der Waals surface area contributed by atoms with Gasteiger partial charge in [0.2, 0.25) is 0 Å². The van der Waals surface area contributed by atoms with Crippen LogP contribution in [0.3, 0.4) is 0 Å². The summed E-state index contributed by atoms with van der Waals surface area (Å²) in [6, 6.07) is 13.6. The van der Waals surface area contributed by atoms with E-state index in [0.717, 1.165) is 5.56 Å². The summed E-state index contributed by atoms with van der Waals surface area (Å²) in [6.07, 6.45) is 0.681. The van der Waals surface area contributed by atoms with E-state index in [2.05, 4.69) is 0 Å². The van der Waals surface area contributed by atoms with Crippen LogP contribution >= 0.6 is 0 Å². The van der Waals surface area contributed by atoms with Crippen molar-refractivity contribution in [1.29, 1.82) is 0 Å². The number of aryl methyl sites for hydroxylation is 1. The molecule has 0 saturated heterocycles. The molecule has 2 aromatic carbocycles. The predicted molar refractivity (Wildman–Crippen MR) is 95.9 cm³/mol. The van der Waals surface area contributed by atoms with E-state index in [0.29, 0.717) is 23.5 Å². The lowest BCUT2D eigenvalue weighted by molar-refractivity contribution is -0.109. The molecule has 2 aromatic rings. The molecule has 0 radical (unpaired) electrons. The molecule has 0 heterocycles. The highest BCUT2D eigenvalue weighted by Crippen LogP contribution is 2.30. The van der Waals surface area contributed by atoms with Gasteiger partial charge in [0.05, 0.1) is 5.69 Å². The van der Waals surface area contributed by atoms with Crippen LogP contribution in [0.25, 0.3) is 0 Å². The number of rotatable bonds is 7. The molecule has 0 aliphatic heterocycles. The molecule has 6 heteroatoms. The maximum absolute atomic E-state index is 12.1. The summed E-state index contributed by atoms with van der Waals surface area (Å²) in [5.41, 5.74) is 6.20. The van der Waals surface area contributed by atoms with Gasteiger partial charge in [-0.25, -0.2) is 4.79 Å². The minimum atomic E-state index is -1.01. The van der Waals surface area contributed by atoms with Crippen molar-refractivity contribution in [3.63, 3.8) is 0 Å². The Labute approximate surface area is 147 Å². The maximum atomic E-state index is 12.1. The number of benzene rings is 2. The number of para-hydroxylation sites is 1. The second kappa shape index (κ2) is 7.70. The van der Waals surface area contributed by atoms with Crippen molar-refractivity contribution < 1.29 is 19.1 Å². The second-order valence-electron chi connectivity index (χ2n) is 5.96. The number of primary amides is 1. The van der Waals surface area contributed by atoms with Gasteiger partial charge in [-0.2, -0.15) is 0 Å². The normalized spacial score (nSPS) is 10.8. The summed E-state index contributed by atoms with van der Waals surface area (Å²) in [7, 11) is 0. The molecule has 0 bridgehead atoms. The van der Waals surface area contributed by atoms with Gasteiger partial charge >= 0.3 is 6.03 Å². The van der Waals surface area contributed by atoms with Crippen LogP contribution in [-0.2, 0) is 4.79 Å². The first-order valence-electron chi connectivity index (χ1n) is 7.86. The third-order valence-electron chi connectivity index (χ3n) is 3.62. The number of anilines is 1. The SMILES string of the molecule is Cc1ccccc1N(C(N)=O)C(C)(C)Oc1ccc(OCC=O)cc1. The average Bonchev–Trinajstić information content (AvgIpc) is 2.55.